The van der Waals surface area contributed by atoms with Crippen molar-refractivity contribution >= 4 is 17.7 Å². The number of hydrogen-bond donors (Lipinski definition) is 1. The van der Waals surface area contributed by atoms with Gasteiger partial charge in [-0.2, -0.15) is 0 Å². The lowest BCUT2D eigenvalue weighted by atomic mass is 9.86. The zero-order valence-corrected chi connectivity index (χ0v) is 16.5. The van der Waals surface area contributed by atoms with Gasteiger partial charge in [-0.05, 0) is 44.4 Å². The summed E-state index contributed by atoms with van der Waals surface area (Å²) in [4.78, 5) is 14.8. The second-order valence-electron chi connectivity index (χ2n) is 7.61. The number of hydrogen-bond acceptors (Lipinski definition) is 5. The molecule has 0 radical (unpaired) electrons. The number of aromatic nitrogens is 3. The van der Waals surface area contributed by atoms with Crippen LogP contribution in [0.4, 0.5) is 0 Å². The van der Waals surface area contributed by atoms with Crippen LogP contribution in [0.15, 0.2) is 5.16 Å². The summed E-state index contributed by atoms with van der Waals surface area (Å²) in [5, 5.41) is 12.9. The molecule has 0 unspecified atom stereocenters. The molecule has 7 heteroatoms. The van der Waals surface area contributed by atoms with Gasteiger partial charge in [-0.3, -0.25) is 9.69 Å². The standard InChI is InChI=1S/C18H31N5OS/c1-13-7-4-5-9-15(13)19-16(24)12-23-10-6-8-14(11-23)17-20-21-18(25-3)22(17)2/h13-15H,4-12H2,1-3H3,(H,19,24)/t13-,14-,15+/m0/s1. The Morgan fingerprint density at radius 2 is 2.04 bits per heavy atom. The lowest BCUT2D eigenvalue weighted by molar-refractivity contribution is -0.123. The van der Waals surface area contributed by atoms with Gasteiger partial charge in [-0.15, -0.1) is 10.2 Å². The van der Waals surface area contributed by atoms with Gasteiger partial charge in [0.1, 0.15) is 5.82 Å². The summed E-state index contributed by atoms with van der Waals surface area (Å²) in [5.74, 6) is 2.21. The Hall–Kier alpha value is -1.08. The minimum absolute atomic E-state index is 0.183. The molecule has 1 N–H and O–H groups in total. The van der Waals surface area contributed by atoms with E-state index in [-0.39, 0.29) is 5.91 Å². The van der Waals surface area contributed by atoms with Crippen molar-refractivity contribution in [3.63, 3.8) is 0 Å². The molecule has 0 bridgehead atoms. The van der Waals surface area contributed by atoms with Gasteiger partial charge in [0, 0.05) is 25.6 Å². The second kappa shape index (κ2) is 8.54. The van der Waals surface area contributed by atoms with Crippen molar-refractivity contribution in [2.24, 2.45) is 13.0 Å². The van der Waals surface area contributed by atoms with E-state index in [0.29, 0.717) is 24.4 Å². The molecular weight excluding hydrogens is 334 g/mol. The number of piperidine rings is 1. The zero-order valence-electron chi connectivity index (χ0n) is 15.7. The third kappa shape index (κ3) is 4.56. The molecule has 1 aromatic heterocycles. The molecule has 1 aromatic rings. The number of amides is 1. The first-order valence-corrected chi connectivity index (χ1v) is 10.8. The predicted molar refractivity (Wildman–Crippen MR) is 101 cm³/mol. The molecule has 1 aliphatic carbocycles. The van der Waals surface area contributed by atoms with Crippen molar-refractivity contribution in [1.29, 1.82) is 0 Å². The molecule has 1 amide bonds. The minimum Gasteiger partial charge on any atom is -0.352 e. The fourth-order valence-corrected chi connectivity index (χ4v) is 4.75. The van der Waals surface area contributed by atoms with Crippen molar-refractivity contribution in [1.82, 2.24) is 25.0 Å². The fraction of sp³-hybridized carbons (Fsp3) is 0.833. The van der Waals surface area contributed by atoms with Crippen LogP contribution in [0, 0.1) is 5.92 Å². The van der Waals surface area contributed by atoms with Gasteiger partial charge in [0.2, 0.25) is 5.91 Å². The van der Waals surface area contributed by atoms with Crippen LogP contribution in [-0.2, 0) is 11.8 Å². The maximum Gasteiger partial charge on any atom is 0.234 e. The highest BCUT2D eigenvalue weighted by Crippen LogP contribution is 2.27. The van der Waals surface area contributed by atoms with E-state index < -0.39 is 0 Å². The van der Waals surface area contributed by atoms with Gasteiger partial charge in [-0.1, -0.05) is 31.5 Å². The monoisotopic (exact) mass is 365 g/mol. The van der Waals surface area contributed by atoms with Crippen molar-refractivity contribution in [2.75, 3.05) is 25.9 Å². The number of nitrogens with zero attached hydrogens (tertiary/aromatic N) is 4. The molecule has 6 nitrogen and oxygen atoms in total. The van der Waals surface area contributed by atoms with Gasteiger partial charge < -0.3 is 9.88 Å². The Morgan fingerprint density at radius 1 is 1.24 bits per heavy atom. The zero-order chi connectivity index (χ0) is 17.8. The first-order chi connectivity index (χ1) is 12.1. The normalized spacial score (nSPS) is 28.0. The van der Waals surface area contributed by atoms with E-state index in [0.717, 1.165) is 43.3 Å². The van der Waals surface area contributed by atoms with Crippen molar-refractivity contribution in [3.8, 4) is 0 Å². The molecule has 1 saturated carbocycles. The molecule has 0 spiro atoms. The summed E-state index contributed by atoms with van der Waals surface area (Å²) in [6.07, 6.45) is 9.17. The fourth-order valence-electron chi connectivity index (χ4n) is 4.26. The van der Waals surface area contributed by atoms with Gasteiger partial charge >= 0.3 is 0 Å². The van der Waals surface area contributed by atoms with Crippen molar-refractivity contribution < 1.29 is 4.79 Å². The van der Waals surface area contributed by atoms with Crippen LogP contribution >= 0.6 is 11.8 Å². The third-order valence-corrected chi connectivity index (χ3v) is 6.47. The quantitative estimate of drug-likeness (QED) is 0.812. The average Bonchev–Trinajstić information content (AvgIpc) is 2.98. The van der Waals surface area contributed by atoms with Crippen LogP contribution in [0.3, 0.4) is 0 Å². The highest BCUT2D eigenvalue weighted by atomic mass is 32.2. The number of carbonyl (C=O) groups excluding carboxylic acids is 1. The van der Waals surface area contributed by atoms with Gasteiger partial charge in [-0.25, -0.2) is 0 Å². The Bertz CT molecular complexity index is 590. The van der Waals surface area contributed by atoms with E-state index in [2.05, 4.69) is 31.9 Å². The van der Waals surface area contributed by atoms with Gasteiger partial charge in [0.25, 0.3) is 0 Å². The smallest absolute Gasteiger partial charge is 0.234 e. The van der Waals surface area contributed by atoms with Gasteiger partial charge in [0.15, 0.2) is 5.16 Å². The molecule has 1 saturated heterocycles. The molecule has 2 fully saturated rings. The SMILES string of the molecule is CSc1nnc([C@H]2CCCN(CC(=O)N[C@@H]3CCCC[C@@H]3C)C2)n1C. The van der Waals surface area contributed by atoms with E-state index >= 15 is 0 Å². The lowest BCUT2D eigenvalue weighted by Crippen LogP contribution is -2.47. The Kier molecular flexibility index (Phi) is 6.39. The number of thioether (sulfide) groups is 1. The Labute approximate surface area is 155 Å². The molecule has 0 aromatic carbocycles. The summed E-state index contributed by atoms with van der Waals surface area (Å²) in [7, 11) is 2.04. The van der Waals surface area contributed by atoms with E-state index in [9.17, 15) is 4.79 Å². The second-order valence-corrected chi connectivity index (χ2v) is 8.39. The molecule has 3 atom stereocenters. The van der Waals surface area contributed by atoms with Crippen LogP contribution in [0.5, 0.6) is 0 Å². The van der Waals surface area contributed by atoms with E-state index in [4.69, 9.17) is 0 Å². The first kappa shape index (κ1) is 18.7. The van der Waals surface area contributed by atoms with E-state index in [1.54, 1.807) is 11.8 Å². The summed E-state index contributed by atoms with van der Waals surface area (Å²) < 4.78 is 2.10. The maximum absolute atomic E-state index is 12.5. The van der Waals surface area contributed by atoms with E-state index in [1.807, 2.05) is 13.3 Å². The molecule has 25 heavy (non-hydrogen) atoms. The summed E-state index contributed by atoms with van der Waals surface area (Å²) in [6, 6.07) is 0.365. The summed E-state index contributed by atoms with van der Waals surface area (Å²) in [5.41, 5.74) is 0. The summed E-state index contributed by atoms with van der Waals surface area (Å²) >= 11 is 1.62. The summed E-state index contributed by atoms with van der Waals surface area (Å²) in [6.45, 7) is 4.66. The lowest BCUT2D eigenvalue weighted by Gasteiger charge is -2.33. The Balaban J connectivity index is 1.54. The largest absolute Gasteiger partial charge is 0.352 e. The van der Waals surface area contributed by atoms with Crippen molar-refractivity contribution in [2.45, 2.75) is 62.6 Å². The van der Waals surface area contributed by atoms with Crippen LogP contribution < -0.4 is 5.32 Å². The molecule has 140 valence electrons. The molecule has 1 aliphatic heterocycles. The number of rotatable bonds is 5. The molecule has 2 aliphatic rings. The molecular formula is C18H31N5OS. The van der Waals surface area contributed by atoms with Crippen LogP contribution in [0.25, 0.3) is 0 Å². The highest BCUT2D eigenvalue weighted by molar-refractivity contribution is 7.98. The number of likely N-dealkylation sites (tertiary alicyclic amines) is 1. The van der Waals surface area contributed by atoms with Crippen LogP contribution in [0.1, 0.15) is 57.2 Å². The van der Waals surface area contributed by atoms with Crippen LogP contribution in [-0.4, -0.2) is 57.5 Å². The van der Waals surface area contributed by atoms with Gasteiger partial charge in [0.05, 0.1) is 6.54 Å². The minimum atomic E-state index is 0.183. The predicted octanol–water partition coefficient (Wildman–Crippen LogP) is 2.41. The average molecular weight is 366 g/mol. The Morgan fingerprint density at radius 3 is 2.76 bits per heavy atom. The highest BCUT2D eigenvalue weighted by Gasteiger charge is 2.28. The molecule has 2 heterocycles. The topological polar surface area (TPSA) is 63.1 Å². The molecule has 3 rings (SSSR count). The third-order valence-electron chi connectivity index (χ3n) is 5.75. The first-order valence-electron chi connectivity index (χ1n) is 9.53. The van der Waals surface area contributed by atoms with Crippen LogP contribution in [0.2, 0.25) is 0 Å². The van der Waals surface area contributed by atoms with Crippen molar-refractivity contribution in [3.05, 3.63) is 5.82 Å². The van der Waals surface area contributed by atoms with E-state index in [1.165, 1.54) is 19.3 Å². The maximum atomic E-state index is 12.5. The number of nitrogens with one attached hydrogen (secondary N) is 1. The number of carbonyl (C=O) groups is 1.